The molecule has 4 heteroatoms. The van der Waals surface area contributed by atoms with Crippen LogP contribution in [0.15, 0.2) is 60.2 Å². The molecule has 0 aromatic heterocycles. The van der Waals surface area contributed by atoms with Crippen molar-refractivity contribution in [1.82, 2.24) is 5.32 Å². The number of benzene rings is 2. The summed E-state index contributed by atoms with van der Waals surface area (Å²) in [6.45, 7) is 1.34. The number of carbonyl (C=O) groups excluding carboxylic acids is 1. The molecule has 1 saturated heterocycles. The number of methoxy groups -OCH3 is 1. The van der Waals surface area contributed by atoms with Crippen LogP contribution in [0, 0.1) is 0 Å². The minimum atomic E-state index is -0.764. The van der Waals surface area contributed by atoms with Crippen molar-refractivity contribution in [3.63, 3.8) is 0 Å². The number of rotatable bonds is 8. The molecule has 31 heavy (non-hydrogen) atoms. The third kappa shape index (κ3) is 5.19. The lowest BCUT2D eigenvalue weighted by Gasteiger charge is -2.28. The van der Waals surface area contributed by atoms with Crippen molar-refractivity contribution in [3.8, 4) is 16.9 Å². The van der Waals surface area contributed by atoms with Crippen molar-refractivity contribution in [2.45, 2.75) is 57.0 Å². The number of hydrogen-bond donors (Lipinski definition) is 1. The van der Waals surface area contributed by atoms with Gasteiger partial charge in [0.1, 0.15) is 5.75 Å². The molecule has 1 atom stereocenters. The SMILES string of the molecule is COc1ccccc1-c1cccc(CC2(C(=O)NCCC3=CCCCC3)CCCO2)c1. The Morgan fingerprint density at radius 2 is 2.03 bits per heavy atom. The molecule has 1 aliphatic carbocycles. The molecule has 0 bridgehead atoms. The Morgan fingerprint density at radius 1 is 1.13 bits per heavy atom. The summed E-state index contributed by atoms with van der Waals surface area (Å²) < 4.78 is 11.6. The summed E-state index contributed by atoms with van der Waals surface area (Å²) in [5.41, 5.74) is 3.97. The average molecular weight is 420 g/mol. The lowest BCUT2D eigenvalue weighted by molar-refractivity contribution is -0.141. The zero-order valence-corrected chi connectivity index (χ0v) is 18.5. The highest BCUT2D eigenvalue weighted by molar-refractivity contribution is 5.86. The summed E-state index contributed by atoms with van der Waals surface area (Å²) in [7, 11) is 1.69. The molecule has 1 unspecified atom stereocenters. The molecule has 2 aromatic rings. The summed E-state index contributed by atoms with van der Waals surface area (Å²) in [4.78, 5) is 13.2. The second-order valence-electron chi connectivity index (χ2n) is 8.64. The minimum Gasteiger partial charge on any atom is -0.496 e. The third-order valence-electron chi connectivity index (χ3n) is 6.47. The largest absolute Gasteiger partial charge is 0.496 e. The number of nitrogens with one attached hydrogen (secondary N) is 1. The molecule has 1 heterocycles. The van der Waals surface area contributed by atoms with Gasteiger partial charge in [-0.25, -0.2) is 0 Å². The van der Waals surface area contributed by atoms with E-state index in [1.165, 1.54) is 31.3 Å². The quantitative estimate of drug-likeness (QED) is 0.578. The zero-order valence-electron chi connectivity index (χ0n) is 18.5. The van der Waals surface area contributed by atoms with Gasteiger partial charge in [0.25, 0.3) is 5.91 Å². The Morgan fingerprint density at radius 3 is 2.81 bits per heavy atom. The molecule has 0 saturated carbocycles. The van der Waals surface area contributed by atoms with Crippen LogP contribution in [0.25, 0.3) is 11.1 Å². The number of carbonyl (C=O) groups is 1. The van der Waals surface area contributed by atoms with Crippen LogP contribution in [0.2, 0.25) is 0 Å². The van der Waals surface area contributed by atoms with E-state index in [2.05, 4.69) is 35.7 Å². The Bertz CT molecular complexity index is 928. The normalized spacial score (nSPS) is 20.9. The van der Waals surface area contributed by atoms with Gasteiger partial charge < -0.3 is 14.8 Å². The van der Waals surface area contributed by atoms with Gasteiger partial charge in [0.15, 0.2) is 5.60 Å². The molecule has 0 radical (unpaired) electrons. The number of para-hydroxylation sites is 1. The lowest BCUT2D eigenvalue weighted by Crippen LogP contribution is -2.48. The van der Waals surface area contributed by atoms with Crippen molar-refractivity contribution in [3.05, 3.63) is 65.7 Å². The Labute approximate surface area is 185 Å². The molecule has 0 spiro atoms. The Balaban J connectivity index is 1.46. The van der Waals surface area contributed by atoms with Crippen LogP contribution in [0.4, 0.5) is 0 Å². The van der Waals surface area contributed by atoms with E-state index in [-0.39, 0.29) is 5.91 Å². The van der Waals surface area contributed by atoms with Crippen LogP contribution in [-0.4, -0.2) is 31.8 Å². The number of hydrogen-bond acceptors (Lipinski definition) is 3. The fourth-order valence-electron chi connectivity index (χ4n) is 4.79. The van der Waals surface area contributed by atoms with E-state index >= 15 is 0 Å². The van der Waals surface area contributed by atoms with Crippen molar-refractivity contribution in [2.75, 3.05) is 20.3 Å². The lowest BCUT2D eigenvalue weighted by atomic mass is 9.89. The standard InChI is InChI=1S/C27H33NO3/c1-30-25-14-6-5-13-24(25)23-12-7-11-22(19-23)20-27(16-8-18-31-27)26(29)28-17-15-21-9-3-2-4-10-21/h5-7,9,11-14,19H,2-4,8,10,15-18,20H2,1H3,(H,28,29). The molecule has 4 nitrogen and oxygen atoms in total. The predicted octanol–water partition coefficient (Wildman–Crippen LogP) is 5.46. The molecular weight excluding hydrogens is 386 g/mol. The number of ether oxygens (including phenoxy) is 2. The van der Waals surface area contributed by atoms with Crippen LogP contribution in [0.1, 0.15) is 50.5 Å². The van der Waals surface area contributed by atoms with Gasteiger partial charge in [-0.15, -0.1) is 0 Å². The van der Waals surface area contributed by atoms with Crippen LogP contribution < -0.4 is 10.1 Å². The molecule has 1 N–H and O–H groups in total. The van der Waals surface area contributed by atoms with E-state index in [9.17, 15) is 4.79 Å². The summed E-state index contributed by atoms with van der Waals surface area (Å²) in [6, 6.07) is 16.4. The number of allylic oxidation sites excluding steroid dienone is 1. The molecule has 4 rings (SSSR count). The van der Waals surface area contributed by atoms with Crippen molar-refractivity contribution < 1.29 is 14.3 Å². The van der Waals surface area contributed by atoms with Gasteiger partial charge in [0, 0.05) is 25.1 Å². The number of amides is 1. The highest BCUT2D eigenvalue weighted by atomic mass is 16.5. The topological polar surface area (TPSA) is 47.6 Å². The minimum absolute atomic E-state index is 0.0316. The smallest absolute Gasteiger partial charge is 0.252 e. The van der Waals surface area contributed by atoms with Crippen LogP contribution in [-0.2, 0) is 16.0 Å². The maximum absolute atomic E-state index is 13.2. The first kappa shape index (κ1) is 21.6. The van der Waals surface area contributed by atoms with Gasteiger partial charge in [-0.3, -0.25) is 4.79 Å². The van der Waals surface area contributed by atoms with E-state index in [0.29, 0.717) is 19.6 Å². The van der Waals surface area contributed by atoms with Gasteiger partial charge in [-0.2, -0.15) is 0 Å². The molecule has 1 amide bonds. The molecule has 1 fully saturated rings. The maximum atomic E-state index is 13.2. The van der Waals surface area contributed by atoms with Crippen molar-refractivity contribution in [2.24, 2.45) is 0 Å². The highest BCUT2D eigenvalue weighted by Crippen LogP contribution is 2.34. The highest BCUT2D eigenvalue weighted by Gasteiger charge is 2.42. The molecule has 164 valence electrons. The van der Waals surface area contributed by atoms with Crippen LogP contribution >= 0.6 is 0 Å². The summed E-state index contributed by atoms with van der Waals surface area (Å²) in [6.07, 6.45) is 10.5. The van der Waals surface area contributed by atoms with Crippen LogP contribution in [0.5, 0.6) is 5.75 Å². The summed E-state index contributed by atoms with van der Waals surface area (Å²) >= 11 is 0. The van der Waals surface area contributed by atoms with E-state index < -0.39 is 5.60 Å². The first-order valence-corrected chi connectivity index (χ1v) is 11.5. The average Bonchev–Trinajstić information content (AvgIpc) is 3.29. The van der Waals surface area contributed by atoms with Crippen molar-refractivity contribution >= 4 is 5.91 Å². The van der Waals surface area contributed by atoms with E-state index in [4.69, 9.17) is 9.47 Å². The molecule has 2 aliphatic rings. The van der Waals surface area contributed by atoms with Gasteiger partial charge in [0.05, 0.1) is 7.11 Å². The molecular formula is C27H33NO3. The van der Waals surface area contributed by atoms with Gasteiger partial charge in [-0.1, -0.05) is 54.1 Å². The molecule has 2 aromatic carbocycles. The second kappa shape index (κ2) is 10.1. The fourth-order valence-corrected chi connectivity index (χ4v) is 4.79. The predicted molar refractivity (Wildman–Crippen MR) is 124 cm³/mol. The van der Waals surface area contributed by atoms with Crippen LogP contribution in [0.3, 0.4) is 0 Å². The van der Waals surface area contributed by atoms with Gasteiger partial charge in [0.2, 0.25) is 0 Å². The van der Waals surface area contributed by atoms with Crippen molar-refractivity contribution in [1.29, 1.82) is 0 Å². The van der Waals surface area contributed by atoms with Gasteiger partial charge >= 0.3 is 0 Å². The Hall–Kier alpha value is -2.59. The first-order chi connectivity index (χ1) is 15.2. The second-order valence-corrected chi connectivity index (χ2v) is 8.64. The monoisotopic (exact) mass is 419 g/mol. The third-order valence-corrected chi connectivity index (χ3v) is 6.47. The molecule has 1 aliphatic heterocycles. The maximum Gasteiger partial charge on any atom is 0.252 e. The van der Waals surface area contributed by atoms with E-state index in [0.717, 1.165) is 41.7 Å². The van der Waals surface area contributed by atoms with E-state index in [1.54, 1.807) is 7.11 Å². The van der Waals surface area contributed by atoms with Gasteiger partial charge in [-0.05, 0) is 62.1 Å². The first-order valence-electron chi connectivity index (χ1n) is 11.5. The Kier molecular flexibility index (Phi) is 7.08. The zero-order chi connectivity index (χ0) is 21.5. The summed E-state index contributed by atoms with van der Waals surface area (Å²) in [5, 5.41) is 3.17. The fraction of sp³-hybridized carbons (Fsp3) is 0.444. The summed E-state index contributed by atoms with van der Waals surface area (Å²) in [5.74, 6) is 0.880. The van der Waals surface area contributed by atoms with E-state index in [1.807, 2.05) is 24.3 Å².